The van der Waals surface area contributed by atoms with Crippen LogP contribution < -0.4 is 4.74 Å². The van der Waals surface area contributed by atoms with Gasteiger partial charge < -0.3 is 9.15 Å². The lowest BCUT2D eigenvalue weighted by molar-refractivity contribution is 0.104. The molecule has 0 N–H and O–H groups in total. The summed E-state index contributed by atoms with van der Waals surface area (Å²) in [6, 6.07) is 17.7. The van der Waals surface area contributed by atoms with E-state index in [1.54, 1.807) is 0 Å². The fourth-order valence-corrected chi connectivity index (χ4v) is 4.73. The van der Waals surface area contributed by atoms with Crippen LogP contribution in [0.4, 0.5) is 0 Å². The first-order chi connectivity index (χ1) is 15.2. The van der Waals surface area contributed by atoms with Crippen molar-refractivity contribution in [2.45, 2.75) is 26.7 Å². The normalized spacial score (nSPS) is 12.7. The SMILES string of the molecule is CCCN(CCC)CCOc1ccc2c3c(cccc13)C(=O)c1c-2oc2ccccc12. The van der Waals surface area contributed by atoms with Crippen molar-refractivity contribution in [2.24, 2.45) is 0 Å². The zero-order chi connectivity index (χ0) is 21.4. The molecule has 1 heterocycles. The van der Waals surface area contributed by atoms with Crippen LogP contribution in [0, 0.1) is 0 Å². The second-order valence-corrected chi connectivity index (χ2v) is 8.16. The van der Waals surface area contributed by atoms with Crippen LogP contribution in [0.15, 0.2) is 59.0 Å². The first kappa shape index (κ1) is 19.8. The molecule has 5 rings (SSSR count). The van der Waals surface area contributed by atoms with Crippen LogP contribution in [0.5, 0.6) is 5.75 Å². The van der Waals surface area contributed by atoms with Gasteiger partial charge in [0.15, 0.2) is 5.78 Å². The maximum absolute atomic E-state index is 13.4. The number of ketones is 1. The second kappa shape index (κ2) is 8.20. The summed E-state index contributed by atoms with van der Waals surface area (Å²) in [5.74, 6) is 1.51. The Morgan fingerprint density at radius 2 is 1.61 bits per heavy atom. The molecular weight excluding hydrogens is 386 g/mol. The first-order valence-corrected chi connectivity index (χ1v) is 11.2. The van der Waals surface area contributed by atoms with Gasteiger partial charge in [0, 0.05) is 33.8 Å². The van der Waals surface area contributed by atoms with Crippen molar-refractivity contribution >= 4 is 27.5 Å². The highest BCUT2D eigenvalue weighted by Gasteiger charge is 2.31. The van der Waals surface area contributed by atoms with Crippen molar-refractivity contribution in [1.29, 1.82) is 0 Å². The lowest BCUT2D eigenvalue weighted by atomic mass is 9.85. The zero-order valence-electron chi connectivity index (χ0n) is 18.1. The highest BCUT2D eigenvalue weighted by atomic mass is 16.5. The van der Waals surface area contributed by atoms with Gasteiger partial charge in [-0.15, -0.1) is 0 Å². The molecule has 4 heteroatoms. The van der Waals surface area contributed by atoms with E-state index in [2.05, 4.69) is 18.7 Å². The molecule has 0 aliphatic heterocycles. The molecule has 0 amide bonds. The number of benzene rings is 3. The van der Waals surface area contributed by atoms with Crippen LogP contribution in [0.3, 0.4) is 0 Å². The molecule has 0 saturated carbocycles. The first-order valence-electron chi connectivity index (χ1n) is 11.2. The van der Waals surface area contributed by atoms with Crippen molar-refractivity contribution in [2.75, 3.05) is 26.2 Å². The average molecular weight is 414 g/mol. The van der Waals surface area contributed by atoms with E-state index < -0.39 is 0 Å². The van der Waals surface area contributed by atoms with E-state index in [9.17, 15) is 4.79 Å². The number of furan rings is 1. The van der Waals surface area contributed by atoms with Gasteiger partial charge in [-0.25, -0.2) is 0 Å². The van der Waals surface area contributed by atoms with Gasteiger partial charge >= 0.3 is 0 Å². The van der Waals surface area contributed by atoms with Gasteiger partial charge in [-0.3, -0.25) is 9.69 Å². The molecule has 4 aromatic rings. The molecule has 31 heavy (non-hydrogen) atoms. The van der Waals surface area contributed by atoms with Crippen LogP contribution in [0.1, 0.15) is 42.6 Å². The van der Waals surface area contributed by atoms with E-state index in [4.69, 9.17) is 9.15 Å². The number of hydrogen-bond donors (Lipinski definition) is 0. The topological polar surface area (TPSA) is 42.7 Å². The molecule has 158 valence electrons. The summed E-state index contributed by atoms with van der Waals surface area (Å²) in [5, 5.41) is 2.76. The maximum Gasteiger partial charge on any atom is 0.198 e. The minimum Gasteiger partial charge on any atom is -0.492 e. The van der Waals surface area contributed by atoms with Crippen LogP contribution in [-0.2, 0) is 0 Å². The van der Waals surface area contributed by atoms with E-state index in [1.807, 2.05) is 54.6 Å². The molecule has 0 unspecified atom stereocenters. The number of ether oxygens (including phenoxy) is 1. The van der Waals surface area contributed by atoms with Gasteiger partial charge in [0.1, 0.15) is 23.7 Å². The van der Waals surface area contributed by atoms with Gasteiger partial charge in [-0.05, 0) is 44.1 Å². The second-order valence-electron chi connectivity index (χ2n) is 8.16. The fraction of sp³-hybridized carbons (Fsp3) is 0.296. The van der Waals surface area contributed by atoms with Gasteiger partial charge in [-0.2, -0.15) is 0 Å². The Bertz CT molecular complexity index is 1260. The minimum absolute atomic E-state index is 0.0206. The number of carbonyl (C=O) groups excluding carboxylic acids is 1. The van der Waals surface area contributed by atoms with Crippen LogP contribution in [-0.4, -0.2) is 36.9 Å². The standard InChI is InChI=1S/C27H27NO3/c1-3-14-28(15-4-2)16-17-30-22-13-12-21-24-18(22)9-7-10-20(24)26(29)25-19-8-5-6-11-23(19)31-27(21)25/h5-13H,3-4,14-17H2,1-2H3. The van der Waals surface area contributed by atoms with E-state index in [-0.39, 0.29) is 5.78 Å². The quantitative estimate of drug-likeness (QED) is 0.299. The molecule has 1 aliphatic rings. The van der Waals surface area contributed by atoms with Gasteiger partial charge in [0.2, 0.25) is 0 Å². The predicted molar refractivity (Wildman–Crippen MR) is 125 cm³/mol. The van der Waals surface area contributed by atoms with E-state index in [0.717, 1.165) is 71.1 Å². The zero-order valence-corrected chi connectivity index (χ0v) is 18.1. The summed E-state index contributed by atoms with van der Waals surface area (Å²) in [6.45, 7) is 8.12. The fourth-order valence-electron chi connectivity index (χ4n) is 4.73. The summed E-state index contributed by atoms with van der Waals surface area (Å²) >= 11 is 0. The van der Waals surface area contributed by atoms with Crippen LogP contribution in [0.2, 0.25) is 0 Å². The molecule has 1 aromatic heterocycles. The minimum atomic E-state index is 0.0206. The largest absolute Gasteiger partial charge is 0.492 e. The van der Waals surface area contributed by atoms with E-state index in [1.165, 1.54) is 0 Å². The Morgan fingerprint density at radius 3 is 2.42 bits per heavy atom. The predicted octanol–water partition coefficient (Wildman–Crippen LogP) is 6.30. The Hall–Kier alpha value is -3.11. The Morgan fingerprint density at radius 1 is 0.839 bits per heavy atom. The number of para-hydroxylation sites is 1. The molecule has 3 aromatic carbocycles. The van der Waals surface area contributed by atoms with Gasteiger partial charge in [0.25, 0.3) is 0 Å². The number of carbonyl (C=O) groups is 1. The molecule has 0 radical (unpaired) electrons. The molecule has 0 fully saturated rings. The Balaban J connectivity index is 1.53. The third-order valence-corrected chi connectivity index (χ3v) is 6.06. The summed E-state index contributed by atoms with van der Waals surface area (Å²) in [4.78, 5) is 15.9. The lowest BCUT2D eigenvalue weighted by Crippen LogP contribution is -2.30. The molecule has 0 atom stereocenters. The molecule has 1 aliphatic carbocycles. The summed E-state index contributed by atoms with van der Waals surface area (Å²) < 4.78 is 12.4. The smallest absolute Gasteiger partial charge is 0.198 e. The van der Waals surface area contributed by atoms with Crippen molar-refractivity contribution in [1.82, 2.24) is 4.90 Å². The van der Waals surface area contributed by atoms with Crippen LogP contribution in [0.25, 0.3) is 33.1 Å². The monoisotopic (exact) mass is 413 g/mol. The maximum atomic E-state index is 13.4. The van der Waals surface area contributed by atoms with E-state index >= 15 is 0 Å². The highest BCUT2D eigenvalue weighted by Crippen LogP contribution is 2.45. The van der Waals surface area contributed by atoms with Crippen molar-refractivity contribution in [3.05, 3.63) is 65.7 Å². The van der Waals surface area contributed by atoms with Gasteiger partial charge in [-0.1, -0.05) is 50.2 Å². The highest BCUT2D eigenvalue weighted by molar-refractivity contribution is 6.29. The number of fused-ring (bicyclic) bond motifs is 4. The summed E-state index contributed by atoms with van der Waals surface area (Å²) in [5.41, 5.74) is 3.09. The van der Waals surface area contributed by atoms with E-state index in [0.29, 0.717) is 17.9 Å². The van der Waals surface area contributed by atoms with Crippen molar-refractivity contribution in [3.8, 4) is 17.1 Å². The third kappa shape index (κ3) is 3.31. The lowest BCUT2D eigenvalue weighted by Gasteiger charge is -2.22. The van der Waals surface area contributed by atoms with Crippen LogP contribution >= 0.6 is 0 Å². The average Bonchev–Trinajstić information content (AvgIpc) is 3.18. The molecule has 0 spiro atoms. The number of nitrogens with zero attached hydrogens (tertiary/aromatic N) is 1. The summed E-state index contributed by atoms with van der Waals surface area (Å²) in [6.07, 6.45) is 2.28. The summed E-state index contributed by atoms with van der Waals surface area (Å²) in [7, 11) is 0. The molecule has 0 bridgehead atoms. The Kier molecular flexibility index (Phi) is 5.24. The number of rotatable bonds is 8. The van der Waals surface area contributed by atoms with Crippen molar-refractivity contribution < 1.29 is 13.9 Å². The Labute approximate surface area is 182 Å². The number of hydrogen-bond acceptors (Lipinski definition) is 4. The molecular formula is C27H27NO3. The molecule has 4 nitrogen and oxygen atoms in total. The van der Waals surface area contributed by atoms with Gasteiger partial charge in [0.05, 0.1) is 5.56 Å². The molecule has 0 saturated heterocycles. The van der Waals surface area contributed by atoms with Crippen molar-refractivity contribution in [3.63, 3.8) is 0 Å². The third-order valence-electron chi connectivity index (χ3n) is 6.06.